The van der Waals surface area contributed by atoms with E-state index >= 15 is 0 Å². The Bertz CT molecular complexity index is 867. The van der Waals surface area contributed by atoms with Crippen LogP contribution in [0.4, 0.5) is 17.2 Å². The highest BCUT2D eigenvalue weighted by Gasteiger charge is 2.26. The van der Waals surface area contributed by atoms with Gasteiger partial charge >= 0.3 is 5.69 Å². The first-order chi connectivity index (χ1) is 11.2. The first kappa shape index (κ1) is 17.6. The number of primary sulfonamides is 1. The molecule has 24 heavy (non-hydrogen) atoms. The molecule has 2 aromatic rings. The Labute approximate surface area is 139 Å². The number of nitro benzene ring substituents is 1. The third kappa shape index (κ3) is 3.78. The van der Waals surface area contributed by atoms with Crippen molar-refractivity contribution < 1.29 is 13.3 Å². The van der Waals surface area contributed by atoms with Crippen molar-refractivity contribution in [2.45, 2.75) is 11.4 Å². The number of para-hydroxylation sites is 1. The van der Waals surface area contributed by atoms with Crippen molar-refractivity contribution in [1.29, 1.82) is 0 Å². The minimum absolute atomic E-state index is 0.0695. The standard InChI is InChI=1S/C14H17N5O4S/c1-18(2)14-10(5-4-8-16-14)9-17-11-6-3-7-12(24(15,22)23)13(11)19(20)21/h3-8,17H,9H2,1-2H3,(H2,15,22,23). The normalized spacial score (nSPS) is 11.1. The fraction of sp³-hybridized carbons (Fsp3) is 0.214. The van der Waals surface area contributed by atoms with E-state index in [0.29, 0.717) is 5.82 Å². The van der Waals surface area contributed by atoms with Gasteiger partial charge in [0.05, 0.1) is 4.92 Å². The van der Waals surface area contributed by atoms with Gasteiger partial charge in [-0.1, -0.05) is 12.1 Å². The number of nitrogens with one attached hydrogen (secondary N) is 1. The third-order valence-corrected chi connectivity index (χ3v) is 4.19. The number of nitro groups is 1. The zero-order chi connectivity index (χ0) is 17.9. The minimum Gasteiger partial charge on any atom is -0.375 e. The van der Waals surface area contributed by atoms with Gasteiger partial charge in [0.2, 0.25) is 10.0 Å². The molecule has 10 heteroatoms. The fourth-order valence-electron chi connectivity index (χ4n) is 2.24. The van der Waals surface area contributed by atoms with Gasteiger partial charge in [-0.25, -0.2) is 18.5 Å². The molecular formula is C14H17N5O4S. The van der Waals surface area contributed by atoms with Crippen LogP contribution in [0.3, 0.4) is 0 Å². The Morgan fingerprint density at radius 3 is 2.58 bits per heavy atom. The van der Waals surface area contributed by atoms with Crippen LogP contribution in [-0.4, -0.2) is 32.4 Å². The summed E-state index contributed by atoms with van der Waals surface area (Å²) in [6.07, 6.45) is 1.64. The van der Waals surface area contributed by atoms with Gasteiger partial charge in [-0.3, -0.25) is 10.1 Å². The van der Waals surface area contributed by atoms with Crippen molar-refractivity contribution in [3.8, 4) is 0 Å². The molecule has 1 aromatic heterocycles. The van der Waals surface area contributed by atoms with E-state index in [2.05, 4.69) is 10.3 Å². The quantitative estimate of drug-likeness (QED) is 0.592. The highest BCUT2D eigenvalue weighted by Crippen LogP contribution is 2.31. The Hall–Kier alpha value is -2.72. The summed E-state index contributed by atoms with van der Waals surface area (Å²) >= 11 is 0. The average molecular weight is 351 g/mol. The maximum Gasteiger partial charge on any atom is 0.312 e. The molecule has 0 aliphatic heterocycles. The summed E-state index contributed by atoms with van der Waals surface area (Å²) < 4.78 is 23.1. The summed E-state index contributed by atoms with van der Waals surface area (Å²) in [5, 5.41) is 19.2. The maximum absolute atomic E-state index is 11.6. The largest absolute Gasteiger partial charge is 0.375 e. The summed E-state index contributed by atoms with van der Waals surface area (Å²) in [5.41, 5.74) is 0.299. The summed E-state index contributed by atoms with van der Waals surface area (Å²) in [6.45, 7) is 0.232. The van der Waals surface area contributed by atoms with Crippen LogP contribution in [0.2, 0.25) is 0 Å². The van der Waals surface area contributed by atoms with E-state index in [-0.39, 0.29) is 12.2 Å². The van der Waals surface area contributed by atoms with E-state index in [9.17, 15) is 18.5 Å². The van der Waals surface area contributed by atoms with Crippen molar-refractivity contribution in [3.05, 3.63) is 52.2 Å². The zero-order valence-electron chi connectivity index (χ0n) is 13.1. The molecule has 0 aliphatic carbocycles. The highest BCUT2D eigenvalue weighted by molar-refractivity contribution is 7.89. The summed E-state index contributed by atoms with van der Waals surface area (Å²) in [4.78, 5) is 16.1. The zero-order valence-corrected chi connectivity index (χ0v) is 13.9. The van der Waals surface area contributed by atoms with Gasteiger partial charge < -0.3 is 10.2 Å². The Kier molecular flexibility index (Phi) is 5.00. The Balaban J connectivity index is 2.40. The lowest BCUT2D eigenvalue weighted by molar-refractivity contribution is -0.386. The van der Waals surface area contributed by atoms with Gasteiger partial charge in [-0.15, -0.1) is 0 Å². The van der Waals surface area contributed by atoms with E-state index in [1.807, 2.05) is 25.1 Å². The predicted molar refractivity (Wildman–Crippen MR) is 90.4 cm³/mol. The Morgan fingerprint density at radius 1 is 1.29 bits per heavy atom. The topological polar surface area (TPSA) is 131 Å². The molecule has 1 aromatic carbocycles. The van der Waals surface area contributed by atoms with Crippen molar-refractivity contribution in [3.63, 3.8) is 0 Å². The van der Waals surface area contributed by atoms with Crippen LogP contribution in [0.1, 0.15) is 5.56 Å². The summed E-state index contributed by atoms with van der Waals surface area (Å²) in [7, 11) is -0.549. The lowest BCUT2D eigenvalue weighted by Crippen LogP contribution is -2.16. The molecule has 9 nitrogen and oxygen atoms in total. The van der Waals surface area contributed by atoms with Crippen LogP contribution in [0.25, 0.3) is 0 Å². The first-order valence-electron chi connectivity index (χ1n) is 6.87. The lowest BCUT2D eigenvalue weighted by Gasteiger charge is -2.16. The molecule has 0 saturated carbocycles. The number of rotatable bonds is 6. The number of nitrogens with zero attached hydrogens (tertiary/aromatic N) is 3. The molecule has 0 aliphatic rings. The van der Waals surface area contributed by atoms with E-state index in [4.69, 9.17) is 5.14 Å². The highest BCUT2D eigenvalue weighted by atomic mass is 32.2. The van der Waals surface area contributed by atoms with E-state index in [0.717, 1.165) is 11.6 Å². The maximum atomic E-state index is 11.6. The smallest absolute Gasteiger partial charge is 0.312 e. The molecule has 2 rings (SSSR count). The molecule has 0 unspecified atom stereocenters. The number of sulfonamides is 1. The van der Waals surface area contributed by atoms with E-state index in [1.165, 1.54) is 12.1 Å². The van der Waals surface area contributed by atoms with Crippen molar-refractivity contribution >= 4 is 27.2 Å². The third-order valence-electron chi connectivity index (χ3n) is 3.25. The molecule has 0 spiro atoms. The molecule has 0 amide bonds. The molecule has 128 valence electrons. The van der Waals surface area contributed by atoms with Crippen LogP contribution >= 0.6 is 0 Å². The number of benzene rings is 1. The lowest BCUT2D eigenvalue weighted by atomic mass is 10.2. The predicted octanol–water partition coefficient (Wildman–Crippen LogP) is 1.32. The van der Waals surface area contributed by atoms with Gasteiger partial charge in [-0.05, 0) is 18.2 Å². The van der Waals surface area contributed by atoms with Crippen molar-refractivity contribution in [2.75, 3.05) is 24.3 Å². The van der Waals surface area contributed by atoms with Gasteiger partial charge in [0.25, 0.3) is 0 Å². The monoisotopic (exact) mass is 351 g/mol. The second kappa shape index (κ2) is 6.81. The van der Waals surface area contributed by atoms with Gasteiger partial charge in [-0.2, -0.15) is 0 Å². The Morgan fingerprint density at radius 2 is 2.00 bits per heavy atom. The van der Waals surface area contributed by atoms with Crippen LogP contribution in [0, 0.1) is 10.1 Å². The number of hydrogen-bond acceptors (Lipinski definition) is 7. The fourth-order valence-corrected chi connectivity index (χ4v) is 2.97. The molecule has 0 fully saturated rings. The molecule has 0 saturated heterocycles. The molecule has 0 radical (unpaired) electrons. The molecule has 3 N–H and O–H groups in total. The van der Waals surface area contributed by atoms with Gasteiger partial charge in [0, 0.05) is 32.4 Å². The second-order valence-electron chi connectivity index (χ2n) is 5.19. The minimum atomic E-state index is -4.21. The summed E-state index contributed by atoms with van der Waals surface area (Å²) in [6, 6.07) is 7.50. The molecule has 0 bridgehead atoms. The van der Waals surface area contributed by atoms with Gasteiger partial charge in [0.1, 0.15) is 11.5 Å². The number of nitrogens with two attached hydrogens (primary N) is 1. The average Bonchev–Trinajstić information content (AvgIpc) is 2.51. The van der Waals surface area contributed by atoms with Crippen LogP contribution < -0.4 is 15.4 Å². The molecule has 1 heterocycles. The van der Waals surface area contributed by atoms with Crippen molar-refractivity contribution in [1.82, 2.24) is 4.98 Å². The van der Waals surface area contributed by atoms with Gasteiger partial charge in [0.15, 0.2) is 4.90 Å². The van der Waals surface area contributed by atoms with Crippen LogP contribution in [0.15, 0.2) is 41.4 Å². The number of hydrogen-bond donors (Lipinski definition) is 2. The summed E-state index contributed by atoms with van der Waals surface area (Å²) in [5.74, 6) is 0.704. The van der Waals surface area contributed by atoms with Crippen LogP contribution in [-0.2, 0) is 16.6 Å². The SMILES string of the molecule is CN(C)c1ncccc1CNc1cccc(S(N)(=O)=O)c1[N+](=O)[O-]. The number of pyridine rings is 1. The van der Waals surface area contributed by atoms with E-state index in [1.54, 1.807) is 12.3 Å². The number of aromatic nitrogens is 1. The second-order valence-corrected chi connectivity index (χ2v) is 6.72. The van der Waals surface area contributed by atoms with Crippen LogP contribution in [0.5, 0.6) is 0 Å². The van der Waals surface area contributed by atoms with E-state index < -0.39 is 25.5 Å². The first-order valence-corrected chi connectivity index (χ1v) is 8.41. The number of anilines is 2. The molecular weight excluding hydrogens is 334 g/mol. The molecule has 0 atom stereocenters. The van der Waals surface area contributed by atoms with Crippen molar-refractivity contribution in [2.24, 2.45) is 5.14 Å².